The molecule has 3 nitrogen and oxygen atoms in total. The summed E-state index contributed by atoms with van der Waals surface area (Å²) in [5.41, 5.74) is 6.70. The third-order valence-electron chi connectivity index (χ3n) is 4.89. The zero-order valence-corrected chi connectivity index (χ0v) is 12.4. The van der Waals surface area contributed by atoms with Crippen molar-refractivity contribution in [1.82, 2.24) is 4.90 Å². The van der Waals surface area contributed by atoms with E-state index in [1.807, 2.05) is 0 Å². The van der Waals surface area contributed by atoms with Crippen molar-refractivity contribution in [2.24, 2.45) is 22.5 Å². The van der Waals surface area contributed by atoms with Crippen LogP contribution in [0, 0.1) is 16.7 Å². The van der Waals surface area contributed by atoms with E-state index in [4.69, 9.17) is 10.5 Å². The lowest BCUT2D eigenvalue weighted by Crippen LogP contribution is -2.47. The van der Waals surface area contributed by atoms with Gasteiger partial charge in [-0.3, -0.25) is 0 Å². The Morgan fingerprint density at radius 3 is 2.67 bits per heavy atom. The van der Waals surface area contributed by atoms with Gasteiger partial charge in [-0.15, -0.1) is 0 Å². The zero-order valence-electron chi connectivity index (χ0n) is 12.4. The van der Waals surface area contributed by atoms with Gasteiger partial charge in [-0.05, 0) is 37.1 Å². The summed E-state index contributed by atoms with van der Waals surface area (Å²) in [5.74, 6) is 0.830. The van der Waals surface area contributed by atoms with Crippen LogP contribution in [0.25, 0.3) is 0 Å². The molecule has 106 valence electrons. The molecule has 2 heterocycles. The minimum absolute atomic E-state index is 0.227. The molecule has 0 aromatic carbocycles. The number of ether oxygens (including phenoxy) is 1. The molecule has 2 saturated heterocycles. The van der Waals surface area contributed by atoms with E-state index in [1.54, 1.807) is 0 Å². The van der Waals surface area contributed by atoms with Gasteiger partial charge in [0.15, 0.2) is 0 Å². The molecule has 0 saturated carbocycles. The molecule has 0 radical (unpaired) electrons. The predicted octanol–water partition coefficient (Wildman–Crippen LogP) is 2.11. The first-order chi connectivity index (χ1) is 8.45. The molecule has 2 atom stereocenters. The van der Waals surface area contributed by atoms with Crippen LogP contribution < -0.4 is 5.73 Å². The molecule has 2 N–H and O–H groups in total. The molecular weight excluding hydrogens is 224 g/mol. The van der Waals surface area contributed by atoms with Crippen LogP contribution in [0.5, 0.6) is 0 Å². The molecule has 2 fully saturated rings. The molecule has 0 bridgehead atoms. The summed E-state index contributed by atoms with van der Waals surface area (Å²) in [6.07, 6.45) is 3.75. The van der Waals surface area contributed by atoms with Gasteiger partial charge >= 0.3 is 0 Å². The number of hydrogen-bond donors (Lipinski definition) is 1. The maximum absolute atomic E-state index is 6.03. The predicted molar refractivity (Wildman–Crippen MR) is 75.5 cm³/mol. The summed E-state index contributed by atoms with van der Waals surface area (Å²) in [7, 11) is 0. The maximum atomic E-state index is 6.03. The maximum Gasteiger partial charge on any atom is 0.0546 e. The molecular formula is C15H30N2O. The quantitative estimate of drug-likeness (QED) is 0.838. The van der Waals surface area contributed by atoms with Crippen LogP contribution in [0.2, 0.25) is 0 Å². The van der Waals surface area contributed by atoms with Gasteiger partial charge in [0, 0.05) is 31.7 Å². The lowest BCUT2D eigenvalue weighted by molar-refractivity contribution is -0.0196. The Labute approximate surface area is 112 Å². The van der Waals surface area contributed by atoms with Gasteiger partial charge in [0.2, 0.25) is 0 Å². The standard InChI is InChI=1S/C15H30N2O/c1-14(2,3)13-5-7-17(9-13)11-15(10-16)6-4-8-18-12-15/h13H,4-12,16H2,1-3H3. The summed E-state index contributed by atoms with van der Waals surface area (Å²) in [6, 6.07) is 0. The average molecular weight is 254 g/mol. The van der Waals surface area contributed by atoms with E-state index in [0.717, 1.165) is 32.2 Å². The van der Waals surface area contributed by atoms with E-state index in [9.17, 15) is 0 Å². The minimum Gasteiger partial charge on any atom is -0.381 e. The van der Waals surface area contributed by atoms with Gasteiger partial charge < -0.3 is 15.4 Å². The first kappa shape index (κ1) is 14.3. The van der Waals surface area contributed by atoms with Crippen LogP contribution in [0.1, 0.15) is 40.0 Å². The van der Waals surface area contributed by atoms with E-state index >= 15 is 0 Å². The van der Waals surface area contributed by atoms with Gasteiger partial charge in [-0.25, -0.2) is 0 Å². The topological polar surface area (TPSA) is 38.5 Å². The van der Waals surface area contributed by atoms with Crippen LogP contribution in [0.4, 0.5) is 0 Å². The van der Waals surface area contributed by atoms with Gasteiger partial charge in [-0.2, -0.15) is 0 Å². The van der Waals surface area contributed by atoms with Crippen molar-refractivity contribution in [2.75, 3.05) is 39.4 Å². The second-order valence-corrected chi connectivity index (χ2v) is 7.45. The Bertz CT molecular complexity index is 266. The number of likely N-dealkylation sites (tertiary alicyclic amines) is 1. The summed E-state index contributed by atoms with van der Waals surface area (Å²) in [5, 5.41) is 0. The Hall–Kier alpha value is -0.120. The fraction of sp³-hybridized carbons (Fsp3) is 1.00. The van der Waals surface area contributed by atoms with Gasteiger partial charge in [0.1, 0.15) is 0 Å². The Morgan fingerprint density at radius 1 is 1.39 bits per heavy atom. The smallest absolute Gasteiger partial charge is 0.0546 e. The van der Waals surface area contributed by atoms with Crippen molar-refractivity contribution in [3.05, 3.63) is 0 Å². The molecule has 2 aliphatic rings. The largest absolute Gasteiger partial charge is 0.381 e. The fourth-order valence-electron chi connectivity index (χ4n) is 3.42. The van der Waals surface area contributed by atoms with Crippen molar-refractivity contribution in [2.45, 2.75) is 40.0 Å². The highest BCUT2D eigenvalue weighted by Gasteiger charge is 2.38. The molecule has 2 aliphatic heterocycles. The van der Waals surface area contributed by atoms with E-state index in [1.165, 1.54) is 32.4 Å². The van der Waals surface area contributed by atoms with Crippen molar-refractivity contribution in [3.8, 4) is 0 Å². The van der Waals surface area contributed by atoms with E-state index in [2.05, 4.69) is 25.7 Å². The third-order valence-corrected chi connectivity index (χ3v) is 4.89. The summed E-state index contributed by atoms with van der Waals surface area (Å²) in [4.78, 5) is 2.62. The van der Waals surface area contributed by atoms with Crippen molar-refractivity contribution in [1.29, 1.82) is 0 Å². The molecule has 0 amide bonds. The molecule has 2 rings (SSSR count). The van der Waals surface area contributed by atoms with Gasteiger partial charge in [0.25, 0.3) is 0 Å². The van der Waals surface area contributed by atoms with Crippen LogP contribution in [0.15, 0.2) is 0 Å². The highest BCUT2D eigenvalue weighted by molar-refractivity contribution is 4.90. The minimum atomic E-state index is 0.227. The van der Waals surface area contributed by atoms with Crippen LogP contribution in [0.3, 0.4) is 0 Å². The highest BCUT2D eigenvalue weighted by Crippen LogP contribution is 2.36. The van der Waals surface area contributed by atoms with Gasteiger partial charge in [-0.1, -0.05) is 20.8 Å². The highest BCUT2D eigenvalue weighted by atomic mass is 16.5. The first-order valence-corrected chi connectivity index (χ1v) is 7.45. The molecule has 3 heteroatoms. The second kappa shape index (κ2) is 5.48. The normalized spacial score (nSPS) is 35.0. The SMILES string of the molecule is CC(C)(C)C1CCN(CC2(CN)CCCOC2)C1. The van der Waals surface area contributed by atoms with E-state index in [0.29, 0.717) is 5.41 Å². The summed E-state index contributed by atoms with van der Waals surface area (Å²) >= 11 is 0. The van der Waals surface area contributed by atoms with Crippen molar-refractivity contribution >= 4 is 0 Å². The first-order valence-electron chi connectivity index (χ1n) is 7.45. The molecule has 0 aliphatic carbocycles. The van der Waals surface area contributed by atoms with E-state index in [-0.39, 0.29) is 5.41 Å². The second-order valence-electron chi connectivity index (χ2n) is 7.45. The van der Waals surface area contributed by atoms with Crippen molar-refractivity contribution in [3.63, 3.8) is 0 Å². The molecule has 2 unspecified atom stereocenters. The lowest BCUT2D eigenvalue weighted by atomic mass is 9.80. The molecule has 0 aromatic heterocycles. The van der Waals surface area contributed by atoms with E-state index < -0.39 is 0 Å². The monoisotopic (exact) mass is 254 g/mol. The van der Waals surface area contributed by atoms with Crippen LogP contribution in [-0.2, 0) is 4.74 Å². The van der Waals surface area contributed by atoms with Gasteiger partial charge in [0.05, 0.1) is 6.61 Å². The fourth-order valence-corrected chi connectivity index (χ4v) is 3.42. The van der Waals surface area contributed by atoms with Crippen LogP contribution >= 0.6 is 0 Å². The molecule has 18 heavy (non-hydrogen) atoms. The third kappa shape index (κ3) is 3.25. The Balaban J connectivity index is 1.90. The number of rotatable bonds is 3. The lowest BCUT2D eigenvalue weighted by Gasteiger charge is -2.39. The molecule has 0 spiro atoms. The van der Waals surface area contributed by atoms with Crippen LogP contribution in [-0.4, -0.2) is 44.3 Å². The zero-order chi connectivity index (χ0) is 13.2. The molecule has 0 aromatic rings. The average Bonchev–Trinajstić information content (AvgIpc) is 2.78. The number of nitrogens with zero attached hydrogens (tertiary/aromatic N) is 1. The number of nitrogens with two attached hydrogens (primary N) is 1. The number of hydrogen-bond acceptors (Lipinski definition) is 3. The van der Waals surface area contributed by atoms with Crippen molar-refractivity contribution < 1.29 is 4.74 Å². The Morgan fingerprint density at radius 2 is 2.17 bits per heavy atom. The summed E-state index contributed by atoms with van der Waals surface area (Å²) in [6.45, 7) is 13.3. The summed E-state index contributed by atoms with van der Waals surface area (Å²) < 4.78 is 5.67. The Kier molecular flexibility index (Phi) is 4.35.